The van der Waals surface area contributed by atoms with Gasteiger partial charge >= 0.3 is 5.97 Å². The lowest BCUT2D eigenvalue weighted by atomic mass is 10.3. The Morgan fingerprint density at radius 2 is 1.64 bits per heavy atom. The summed E-state index contributed by atoms with van der Waals surface area (Å²) in [5.41, 5.74) is 4.85. The first kappa shape index (κ1) is 17.3. The van der Waals surface area contributed by atoms with E-state index in [4.69, 9.17) is 15.2 Å². The van der Waals surface area contributed by atoms with Crippen molar-refractivity contribution in [2.24, 2.45) is 5.73 Å². The van der Waals surface area contributed by atoms with Gasteiger partial charge in [-0.1, -0.05) is 0 Å². The summed E-state index contributed by atoms with van der Waals surface area (Å²) < 4.78 is 15.1. The number of nitrogens with one attached hydrogen (secondary N) is 1. The van der Waals surface area contributed by atoms with Gasteiger partial charge in [0.2, 0.25) is 5.91 Å². The molecule has 0 aromatic heterocycles. The van der Waals surface area contributed by atoms with Gasteiger partial charge in [-0.15, -0.1) is 0 Å². The molecule has 3 N–H and O–H groups in total. The van der Waals surface area contributed by atoms with E-state index in [0.717, 1.165) is 0 Å². The zero-order valence-electron chi connectivity index (χ0n) is 12.2. The maximum atomic E-state index is 11.4. The second kappa shape index (κ2) is 9.22. The Morgan fingerprint density at radius 1 is 1.05 bits per heavy atom. The Hall–Kier alpha value is -2.77. The van der Waals surface area contributed by atoms with E-state index in [1.54, 1.807) is 24.3 Å². The fourth-order valence-electron chi connectivity index (χ4n) is 1.37. The number of nitrogens with two attached hydrogens (primary N) is 1. The van der Waals surface area contributed by atoms with Crippen molar-refractivity contribution in [3.63, 3.8) is 0 Å². The molecule has 0 aliphatic heterocycles. The monoisotopic (exact) mass is 310 g/mol. The van der Waals surface area contributed by atoms with Crippen molar-refractivity contribution in [1.82, 2.24) is 5.32 Å². The Balaban J connectivity index is 2.25. The first-order valence-electron chi connectivity index (χ1n) is 6.57. The average Bonchev–Trinajstić information content (AvgIpc) is 2.50. The summed E-state index contributed by atoms with van der Waals surface area (Å²) >= 11 is 0. The van der Waals surface area contributed by atoms with E-state index in [-0.39, 0.29) is 13.2 Å². The molecule has 0 heterocycles. The Kier molecular flexibility index (Phi) is 7.24. The fourth-order valence-corrected chi connectivity index (χ4v) is 1.37. The first-order valence-corrected chi connectivity index (χ1v) is 6.57. The molecule has 1 aromatic carbocycles. The smallest absolute Gasteiger partial charge is 0.344 e. The van der Waals surface area contributed by atoms with Gasteiger partial charge in [0.05, 0.1) is 13.2 Å². The maximum absolute atomic E-state index is 11.4. The van der Waals surface area contributed by atoms with E-state index >= 15 is 0 Å². The minimum absolute atomic E-state index is 0.306. The van der Waals surface area contributed by atoms with Gasteiger partial charge in [-0.25, -0.2) is 4.79 Å². The van der Waals surface area contributed by atoms with Gasteiger partial charge in [-0.05, 0) is 31.2 Å². The Morgan fingerprint density at radius 3 is 2.18 bits per heavy atom. The summed E-state index contributed by atoms with van der Waals surface area (Å²) in [6.45, 7) is 1.29. The number of primary amides is 1. The van der Waals surface area contributed by atoms with Crippen molar-refractivity contribution < 1.29 is 28.6 Å². The summed E-state index contributed by atoms with van der Waals surface area (Å²) in [4.78, 5) is 33.0. The molecule has 0 saturated carbocycles. The molecule has 1 rings (SSSR count). The Labute approximate surface area is 127 Å². The molecular formula is C14H18N2O6. The highest BCUT2D eigenvalue weighted by Crippen LogP contribution is 2.17. The molecule has 0 spiro atoms. The van der Waals surface area contributed by atoms with Gasteiger partial charge in [-0.3, -0.25) is 9.59 Å². The van der Waals surface area contributed by atoms with Crippen LogP contribution in [-0.4, -0.2) is 44.1 Å². The number of benzene rings is 1. The number of amides is 2. The molecule has 0 fully saturated rings. The van der Waals surface area contributed by atoms with E-state index in [2.05, 4.69) is 10.1 Å². The van der Waals surface area contributed by atoms with Crippen LogP contribution in [0.1, 0.15) is 6.92 Å². The molecule has 22 heavy (non-hydrogen) atoms. The fraction of sp³-hybridized carbons (Fsp3) is 0.357. The number of ether oxygens (including phenoxy) is 3. The standard InChI is InChI=1S/C14H18N2O6/c1-2-20-10-3-5-11(6-4-10)21-9-14(19)22-8-13(18)16-7-12(15)17/h3-6H,2,7-9H2,1H3,(H2,15,17)(H,16,18). The topological polar surface area (TPSA) is 117 Å². The van der Waals surface area contributed by atoms with Crippen molar-refractivity contribution >= 4 is 17.8 Å². The molecule has 0 aliphatic rings. The quantitative estimate of drug-likeness (QED) is 0.600. The first-order chi connectivity index (χ1) is 10.5. The van der Waals surface area contributed by atoms with Gasteiger partial charge in [0.25, 0.3) is 5.91 Å². The number of hydrogen-bond acceptors (Lipinski definition) is 6. The van der Waals surface area contributed by atoms with Crippen LogP contribution in [0.5, 0.6) is 11.5 Å². The van der Waals surface area contributed by atoms with Crippen LogP contribution in [0.3, 0.4) is 0 Å². The Bertz CT molecular complexity index is 515. The molecule has 8 nitrogen and oxygen atoms in total. The molecule has 0 radical (unpaired) electrons. The van der Waals surface area contributed by atoms with Crippen LogP contribution in [-0.2, 0) is 19.1 Å². The van der Waals surface area contributed by atoms with Gasteiger partial charge in [0, 0.05) is 0 Å². The van der Waals surface area contributed by atoms with Crippen molar-refractivity contribution in [2.45, 2.75) is 6.92 Å². The van der Waals surface area contributed by atoms with E-state index in [1.165, 1.54) is 0 Å². The largest absolute Gasteiger partial charge is 0.494 e. The highest BCUT2D eigenvalue weighted by Gasteiger charge is 2.09. The minimum atomic E-state index is -0.705. The lowest BCUT2D eigenvalue weighted by Gasteiger charge is -2.08. The van der Waals surface area contributed by atoms with Crippen LogP contribution < -0.4 is 20.5 Å². The summed E-state index contributed by atoms with van der Waals surface area (Å²) in [5, 5.41) is 2.18. The highest BCUT2D eigenvalue weighted by atomic mass is 16.6. The van der Waals surface area contributed by atoms with Gasteiger partial charge in [-0.2, -0.15) is 0 Å². The molecule has 0 unspecified atom stereocenters. The molecule has 2 amide bonds. The summed E-state index contributed by atoms with van der Waals surface area (Å²) in [7, 11) is 0. The summed E-state index contributed by atoms with van der Waals surface area (Å²) in [5.74, 6) is -0.836. The molecule has 8 heteroatoms. The zero-order chi connectivity index (χ0) is 16.4. The van der Waals surface area contributed by atoms with Crippen LogP contribution in [0.15, 0.2) is 24.3 Å². The van der Waals surface area contributed by atoms with Crippen LogP contribution in [0.4, 0.5) is 0 Å². The van der Waals surface area contributed by atoms with Crippen molar-refractivity contribution in [2.75, 3.05) is 26.4 Å². The van der Waals surface area contributed by atoms with Gasteiger partial charge in [0.15, 0.2) is 13.2 Å². The third kappa shape index (κ3) is 7.13. The number of carbonyl (C=O) groups is 3. The summed E-state index contributed by atoms with van der Waals surface area (Å²) in [6, 6.07) is 6.72. The lowest BCUT2D eigenvalue weighted by Crippen LogP contribution is -2.36. The maximum Gasteiger partial charge on any atom is 0.344 e. The predicted octanol–water partition coefficient (Wildman–Crippen LogP) is -0.391. The van der Waals surface area contributed by atoms with Crippen LogP contribution in [0.2, 0.25) is 0 Å². The van der Waals surface area contributed by atoms with Crippen LogP contribution in [0, 0.1) is 0 Å². The van der Waals surface area contributed by atoms with Crippen molar-refractivity contribution in [1.29, 1.82) is 0 Å². The van der Waals surface area contributed by atoms with Crippen molar-refractivity contribution in [3.05, 3.63) is 24.3 Å². The molecular weight excluding hydrogens is 292 g/mol. The molecule has 1 aromatic rings. The summed E-state index contributed by atoms with van der Waals surface area (Å²) in [6.07, 6.45) is 0. The predicted molar refractivity (Wildman–Crippen MR) is 76.3 cm³/mol. The number of esters is 1. The van der Waals surface area contributed by atoms with Gasteiger partial charge in [0.1, 0.15) is 11.5 Å². The molecule has 0 aliphatic carbocycles. The van der Waals surface area contributed by atoms with E-state index < -0.39 is 24.4 Å². The number of rotatable bonds is 9. The average molecular weight is 310 g/mol. The second-order valence-electron chi connectivity index (χ2n) is 4.10. The number of hydrogen-bond donors (Lipinski definition) is 2. The van der Waals surface area contributed by atoms with E-state index in [1.807, 2.05) is 6.92 Å². The highest BCUT2D eigenvalue weighted by molar-refractivity contribution is 5.85. The molecule has 120 valence electrons. The van der Waals surface area contributed by atoms with Crippen molar-refractivity contribution in [3.8, 4) is 11.5 Å². The van der Waals surface area contributed by atoms with E-state index in [0.29, 0.717) is 18.1 Å². The molecule has 0 saturated heterocycles. The minimum Gasteiger partial charge on any atom is -0.494 e. The number of carbonyl (C=O) groups excluding carboxylic acids is 3. The lowest BCUT2D eigenvalue weighted by molar-refractivity contribution is -0.150. The van der Waals surface area contributed by atoms with Gasteiger partial charge < -0.3 is 25.3 Å². The third-order valence-corrected chi connectivity index (χ3v) is 2.32. The van der Waals surface area contributed by atoms with Crippen LogP contribution >= 0.6 is 0 Å². The third-order valence-electron chi connectivity index (χ3n) is 2.32. The normalized spacial score (nSPS) is 9.68. The second-order valence-corrected chi connectivity index (χ2v) is 4.10. The van der Waals surface area contributed by atoms with E-state index in [9.17, 15) is 14.4 Å². The molecule has 0 bridgehead atoms. The SMILES string of the molecule is CCOc1ccc(OCC(=O)OCC(=O)NCC(N)=O)cc1. The van der Waals surface area contributed by atoms with Crippen LogP contribution in [0.25, 0.3) is 0 Å². The molecule has 0 atom stereocenters. The zero-order valence-corrected chi connectivity index (χ0v) is 12.2.